The largest absolute Gasteiger partial charge is 0.368 e. The number of primary amides is 1. The van der Waals surface area contributed by atoms with Crippen molar-refractivity contribution < 1.29 is 14.4 Å². The molecule has 7 nitrogen and oxygen atoms in total. The monoisotopic (exact) mass is 282 g/mol. The Kier molecular flexibility index (Phi) is 3.79. The lowest BCUT2D eigenvalue weighted by Gasteiger charge is -2.39. The lowest BCUT2D eigenvalue weighted by molar-refractivity contribution is -0.140. The van der Waals surface area contributed by atoms with Gasteiger partial charge in [-0.05, 0) is 0 Å². The molecule has 0 aromatic carbocycles. The molecule has 2 N–H and O–H groups in total. The van der Waals surface area contributed by atoms with Crippen molar-refractivity contribution in [2.75, 3.05) is 19.6 Å². The zero-order valence-electron chi connectivity index (χ0n) is 10.4. The number of rotatable bonds is 2. The van der Waals surface area contributed by atoms with Gasteiger partial charge in [0.05, 0.1) is 12.1 Å². The molecule has 1 aromatic heterocycles. The van der Waals surface area contributed by atoms with Crippen molar-refractivity contribution in [2.45, 2.75) is 13.0 Å². The van der Waals surface area contributed by atoms with Crippen molar-refractivity contribution in [1.82, 2.24) is 14.8 Å². The van der Waals surface area contributed by atoms with Crippen molar-refractivity contribution in [3.05, 3.63) is 16.6 Å². The van der Waals surface area contributed by atoms with E-state index in [0.717, 1.165) is 0 Å². The summed E-state index contributed by atoms with van der Waals surface area (Å²) in [7, 11) is 0. The Bertz CT molecular complexity index is 502. The summed E-state index contributed by atoms with van der Waals surface area (Å²) in [4.78, 5) is 41.8. The molecule has 1 aromatic rings. The second-order valence-corrected chi connectivity index (χ2v) is 4.97. The number of hydrogen-bond acceptors (Lipinski definition) is 5. The van der Waals surface area contributed by atoms with E-state index >= 15 is 0 Å². The van der Waals surface area contributed by atoms with Crippen LogP contribution in [0.2, 0.25) is 0 Å². The second kappa shape index (κ2) is 5.35. The molecular formula is C11H14N4O3S. The molecule has 8 heteroatoms. The van der Waals surface area contributed by atoms with E-state index in [4.69, 9.17) is 5.73 Å². The number of amides is 3. The number of carbonyl (C=O) groups is 3. The minimum atomic E-state index is -0.770. The highest BCUT2D eigenvalue weighted by molar-refractivity contribution is 7.07. The molecular weight excluding hydrogens is 268 g/mol. The maximum atomic E-state index is 12.1. The number of hydrogen-bond donors (Lipinski definition) is 1. The van der Waals surface area contributed by atoms with Crippen LogP contribution in [0.4, 0.5) is 0 Å². The smallest absolute Gasteiger partial charge is 0.273 e. The Labute approximate surface area is 114 Å². The standard InChI is InChI=1S/C11H14N4O3S/c1-7(16)15-3-2-14(4-9(15)10(12)17)11(18)8-5-19-6-13-8/h5-6,9H,2-4H2,1H3,(H2,12,17)/t9-/m0/s1. The van der Waals surface area contributed by atoms with E-state index in [-0.39, 0.29) is 18.4 Å². The van der Waals surface area contributed by atoms with Crippen LogP contribution in [0.1, 0.15) is 17.4 Å². The summed E-state index contributed by atoms with van der Waals surface area (Å²) in [5.41, 5.74) is 7.22. The van der Waals surface area contributed by atoms with Crippen LogP contribution in [-0.2, 0) is 9.59 Å². The molecule has 0 radical (unpaired) electrons. The fourth-order valence-electron chi connectivity index (χ4n) is 2.07. The zero-order valence-corrected chi connectivity index (χ0v) is 11.2. The lowest BCUT2D eigenvalue weighted by Crippen LogP contribution is -2.60. The summed E-state index contributed by atoms with van der Waals surface area (Å²) in [6.45, 7) is 2.18. The average Bonchev–Trinajstić information content (AvgIpc) is 2.90. The quantitative estimate of drug-likeness (QED) is 0.775. The van der Waals surface area contributed by atoms with Gasteiger partial charge in [-0.1, -0.05) is 0 Å². The van der Waals surface area contributed by atoms with Crippen LogP contribution in [0.15, 0.2) is 10.9 Å². The van der Waals surface area contributed by atoms with Gasteiger partial charge < -0.3 is 15.5 Å². The van der Waals surface area contributed by atoms with Crippen molar-refractivity contribution >= 4 is 29.1 Å². The molecule has 0 saturated carbocycles. The summed E-state index contributed by atoms with van der Waals surface area (Å²) in [6, 6.07) is -0.770. The Morgan fingerprint density at radius 3 is 2.68 bits per heavy atom. The molecule has 1 fully saturated rings. The third kappa shape index (κ3) is 2.73. The number of carbonyl (C=O) groups excluding carboxylic acids is 3. The minimum absolute atomic E-state index is 0.116. The summed E-state index contributed by atoms with van der Waals surface area (Å²) in [5.74, 6) is -1.06. The van der Waals surface area contributed by atoms with E-state index in [1.54, 1.807) is 10.9 Å². The van der Waals surface area contributed by atoms with Crippen molar-refractivity contribution in [3.63, 3.8) is 0 Å². The van der Waals surface area contributed by atoms with Gasteiger partial charge in [-0.25, -0.2) is 4.98 Å². The van der Waals surface area contributed by atoms with Crippen LogP contribution < -0.4 is 5.73 Å². The molecule has 102 valence electrons. The van der Waals surface area contributed by atoms with Gasteiger partial charge in [-0.2, -0.15) is 0 Å². The van der Waals surface area contributed by atoms with Crippen LogP contribution in [0, 0.1) is 0 Å². The molecule has 1 atom stereocenters. The van der Waals surface area contributed by atoms with Crippen molar-refractivity contribution in [1.29, 1.82) is 0 Å². The van der Waals surface area contributed by atoms with Gasteiger partial charge in [0.2, 0.25) is 11.8 Å². The normalized spacial score (nSPS) is 19.3. The van der Waals surface area contributed by atoms with Gasteiger partial charge in [-0.3, -0.25) is 14.4 Å². The Balaban J connectivity index is 2.13. The van der Waals surface area contributed by atoms with E-state index in [9.17, 15) is 14.4 Å². The first-order valence-electron chi connectivity index (χ1n) is 5.74. The summed E-state index contributed by atoms with van der Waals surface area (Å²) in [6.07, 6.45) is 0. The number of nitrogens with zero attached hydrogens (tertiary/aromatic N) is 3. The highest BCUT2D eigenvalue weighted by Gasteiger charge is 2.35. The first kappa shape index (κ1) is 13.5. The third-order valence-electron chi connectivity index (χ3n) is 3.05. The van der Waals surface area contributed by atoms with Crippen LogP contribution in [0.5, 0.6) is 0 Å². The molecule has 0 bridgehead atoms. The molecule has 0 unspecified atom stereocenters. The van der Waals surface area contributed by atoms with Gasteiger partial charge in [0, 0.05) is 25.4 Å². The first-order valence-corrected chi connectivity index (χ1v) is 6.69. The topological polar surface area (TPSA) is 96.6 Å². The van der Waals surface area contributed by atoms with Crippen molar-refractivity contribution in [3.8, 4) is 0 Å². The second-order valence-electron chi connectivity index (χ2n) is 4.26. The van der Waals surface area contributed by atoms with E-state index in [2.05, 4.69) is 4.98 Å². The Morgan fingerprint density at radius 2 is 2.16 bits per heavy atom. The predicted octanol–water partition coefficient (Wildman–Crippen LogP) is -0.699. The SMILES string of the molecule is CC(=O)N1CCN(C(=O)c2cscn2)C[C@H]1C(N)=O. The van der Waals surface area contributed by atoms with E-state index < -0.39 is 11.9 Å². The highest BCUT2D eigenvalue weighted by Crippen LogP contribution is 2.13. The molecule has 0 aliphatic carbocycles. The molecule has 3 amide bonds. The van der Waals surface area contributed by atoms with Crippen LogP contribution in [0.3, 0.4) is 0 Å². The van der Waals surface area contributed by atoms with Gasteiger partial charge in [0.25, 0.3) is 5.91 Å². The third-order valence-corrected chi connectivity index (χ3v) is 3.64. The highest BCUT2D eigenvalue weighted by atomic mass is 32.1. The first-order chi connectivity index (χ1) is 9.00. The molecule has 0 spiro atoms. The minimum Gasteiger partial charge on any atom is -0.368 e. The van der Waals surface area contributed by atoms with Gasteiger partial charge in [0.1, 0.15) is 11.7 Å². The summed E-state index contributed by atoms with van der Waals surface area (Å²) in [5, 5.41) is 1.65. The van der Waals surface area contributed by atoms with Gasteiger partial charge >= 0.3 is 0 Å². The van der Waals surface area contributed by atoms with Gasteiger partial charge in [0.15, 0.2) is 0 Å². The van der Waals surface area contributed by atoms with Crippen molar-refractivity contribution in [2.24, 2.45) is 5.73 Å². The zero-order chi connectivity index (χ0) is 14.0. The molecule has 19 heavy (non-hydrogen) atoms. The van der Waals surface area contributed by atoms with Crippen LogP contribution >= 0.6 is 11.3 Å². The number of nitrogens with two attached hydrogens (primary N) is 1. The van der Waals surface area contributed by atoms with Crippen LogP contribution in [0.25, 0.3) is 0 Å². The molecule has 1 aliphatic rings. The molecule has 2 rings (SSSR count). The lowest BCUT2D eigenvalue weighted by atomic mass is 10.1. The molecule has 2 heterocycles. The van der Waals surface area contributed by atoms with Gasteiger partial charge in [-0.15, -0.1) is 11.3 Å². The fraction of sp³-hybridized carbons (Fsp3) is 0.455. The molecule has 1 saturated heterocycles. The van der Waals surface area contributed by atoms with E-state index in [0.29, 0.717) is 18.8 Å². The number of piperazine rings is 1. The van der Waals surface area contributed by atoms with E-state index in [1.807, 2.05) is 0 Å². The Morgan fingerprint density at radius 1 is 1.42 bits per heavy atom. The average molecular weight is 282 g/mol. The summed E-state index contributed by atoms with van der Waals surface area (Å²) >= 11 is 1.33. The molecule has 1 aliphatic heterocycles. The maximum Gasteiger partial charge on any atom is 0.273 e. The predicted molar refractivity (Wildman–Crippen MR) is 68.4 cm³/mol. The number of aromatic nitrogens is 1. The van der Waals surface area contributed by atoms with E-state index in [1.165, 1.54) is 28.1 Å². The Hall–Kier alpha value is -1.96. The van der Waals surface area contributed by atoms with Crippen LogP contribution in [-0.4, -0.2) is 58.2 Å². The maximum absolute atomic E-state index is 12.1. The summed E-state index contributed by atoms with van der Waals surface area (Å²) < 4.78 is 0. The number of thiazole rings is 1. The fourth-order valence-corrected chi connectivity index (χ4v) is 2.59.